The summed E-state index contributed by atoms with van der Waals surface area (Å²) in [6.07, 6.45) is 0. The fourth-order valence-corrected chi connectivity index (χ4v) is 3.17. The van der Waals surface area contributed by atoms with Crippen molar-refractivity contribution < 1.29 is 4.52 Å². The van der Waals surface area contributed by atoms with Gasteiger partial charge < -0.3 is 9.84 Å². The number of aryl methyl sites for hydroxylation is 1. The first kappa shape index (κ1) is 15.2. The first-order valence-corrected chi connectivity index (χ1v) is 8.36. The first-order chi connectivity index (χ1) is 11.7. The van der Waals surface area contributed by atoms with E-state index < -0.39 is 0 Å². The van der Waals surface area contributed by atoms with E-state index in [-0.39, 0.29) is 5.56 Å². The number of nitrogens with one attached hydrogen (secondary N) is 1. The molecule has 2 heterocycles. The van der Waals surface area contributed by atoms with Crippen molar-refractivity contribution >= 4 is 11.0 Å². The summed E-state index contributed by atoms with van der Waals surface area (Å²) in [6.45, 7) is 7.16. The van der Waals surface area contributed by atoms with Crippen LogP contribution in [0.3, 0.4) is 0 Å². The van der Waals surface area contributed by atoms with Gasteiger partial charge in [-0.3, -0.25) is 9.69 Å². The summed E-state index contributed by atoms with van der Waals surface area (Å²) < 4.78 is 7.09. The third-order valence-corrected chi connectivity index (χ3v) is 4.53. The number of hydrogen-bond donors (Lipinski definition) is 1. The van der Waals surface area contributed by atoms with Gasteiger partial charge in [-0.1, -0.05) is 23.8 Å². The van der Waals surface area contributed by atoms with Gasteiger partial charge in [0, 0.05) is 32.7 Å². The average Bonchev–Trinajstić information content (AvgIpc) is 2.93. The SMILES string of the molecule is Cc1ccc2on(-c3ccc(CN4CCNCC4)cc3)c(=O)c2c1. The molecule has 3 aromatic rings. The van der Waals surface area contributed by atoms with E-state index >= 15 is 0 Å². The minimum Gasteiger partial charge on any atom is -0.371 e. The number of fused-ring (bicyclic) bond motifs is 1. The van der Waals surface area contributed by atoms with E-state index in [1.54, 1.807) is 0 Å². The lowest BCUT2D eigenvalue weighted by atomic mass is 10.2. The minimum absolute atomic E-state index is 0.108. The van der Waals surface area contributed by atoms with Gasteiger partial charge in [-0.2, -0.15) is 0 Å². The van der Waals surface area contributed by atoms with Crippen LogP contribution in [-0.2, 0) is 6.54 Å². The molecule has 0 aliphatic carbocycles. The molecule has 1 aliphatic heterocycles. The van der Waals surface area contributed by atoms with Crippen molar-refractivity contribution in [1.82, 2.24) is 15.0 Å². The zero-order chi connectivity index (χ0) is 16.5. The molecule has 0 bridgehead atoms. The summed E-state index contributed by atoms with van der Waals surface area (Å²) in [6, 6.07) is 13.7. The average molecular weight is 323 g/mol. The van der Waals surface area contributed by atoms with E-state index in [0.29, 0.717) is 11.0 Å². The predicted octanol–water partition coefficient (Wildman–Crippen LogP) is 2.30. The molecule has 2 aromatic carbocycles. The summed E-state index contributed by atoms with van der Waals surface area (Å²) in [4.78, 5) is 15.0. The van der Waals surface area contributed by atoms with Crippen molar-refractivity contribution in [2.45, 2.75) is 13.5 Å². The first-order valence-electron chi connectivity index (χ1n) is 8.36. The molecule has 5 nitrogen and oxygen atoms in total. The molecule has 0 saturated carbocycles. The summed E-state index contributed by atoms with van der Waals surface area (Å²) in [5.41, 5.74) is 3.58. The minimum atomic E-state index is -0.108. The Labute approximate surface area is 140 Å². The van der Waals surface area contributed by atoms with Gasteiger partial charge in [0.15, 0.2) is 5.58 Å². The zero-order valence-electron chi connectivity index (χ0n) is 13.8. The molecular formula is C19H21N3O2. The van der Waals surface area contributed by atoms with Crippen molar-refractivity contribution in [3.05, 3.63) is 63.9 Å². The second-order valence-electron chi connectivity index (χ2n) is 6.38. The molecule has 24 heavy (non-hydrogen) atoms. The lowest BCUT2D eigenvalue weighted by Crippen LogP contribution is -2.42. The molecule has 0 amide bonds. The molecule has 1 aromatic heterocycles. The molecule has 1 N–H and O–H groups in total. The van der Waals surface area contributed by atoms with Crippen LogP contribution in [0.5, 0.6) is 0 Å². The molecule has 5 heteroatoms. The number of benzene rings is 2. The van der Waals surface area contributed by atoms with E-state index in [2.05, 4.69) is 22.3 Å². The van der Waals surface area contributed by atoms with Crippen LogP contribution < -0.4 is 10.9 Å². The van der Waals surface area contributed by atoms with Gasteiger partial charge in [0.1, 0.15) is 0 Å². The Kier molecular flexibility index (Phi) is 3.96. The van der Waals surface area contributed by atoms with Crippen LogP contribution in [0.2, 0.25) is 0 Å². The molecule has 0 spiro atoms. The topological polar surface area (TPSA) is 50.4 Å². The van der Waals surface area contributed by atoms with Gasteiger partial charge in [-0.05, 0) is 36.8 Å². The van der Waals surface area contributed by atoms with Crippen LogP contribution in [0.25, 0.3) is 16.7 Å². The summed E-state index contributed by atoms with van der Waals surface area (Å²) in [5, 5.41) is 3.99. The monoisotopic (exact) mass is 323 g/mol. The second-order valence-corrected chi connectivity index (χ2v) is 6.38. The summed E-state index contributed by atoms with van der Waals surface area (Å²) in [5.74, 6) is 0. The van der Waals surface area contributed by atoms with Crippen molar-refractivity contribution in [3.63, 3.8) is 0 Å². The molecule has 0 atom stereocenters. The quantitative estimate of drug-likeness (QED) is 0.803. The van der Waals surface area contributed by atoms with E-state index in [9.17, 15) is 4.79 Å². The highest BCUT2D eigenvalue weighted by molar-refractivity contribution is 5.77. The summed E-state index contributed by atoms with van der Waals surface area (Å²) in [7, 11) is 0. The Morgan fingerprint density at radius 1 is 1.08 bits per heavy atom. The molecule has 0 unspecified atom stereocenters. The van der Waals surface area contributed by atoms with Gasteiger partial charge in [0.2, 0.25) is 0 Å². The van der Waals surface area contributed by atoms with Crippen LogP contribution in [0.15, 0.2) is 51.8 Å². The molecule has 124 valence electrons. The maximum absolute atomic E-state index is 12.5. The Bertz CT molecular complexity index is 903. The van der Waals surface area contributed by atoms with E-state index in [1.165, 1.54) is 10.3 Å². The fourth-order valence-electron chi connectivity index (χ4n) is 3.17. The van der Waals surface area contributed by atoms with E-state index in [1.807, 2.05) is 37.3 Å². The predicted molar refractivity (Wildman–Crippen MR) is 94.7 cm³/mol. The van der Waals surface area contributed by atoms with Crippen molar-refractivity contribution in [3.8, 4) is 5.69 Å². The van der Waals surface area contributed by atoms with Crippen molar-refractivity contribution in [1.29, 1.82) is 0 Å². The fraction of sp³-hybridized carbons (Fsp3) is 0.316. The van der Waals surface area contributed by atoms with Gasteiger partial charge in [-0.25, -0.2) is 0 Å². The molecule has 1 fully saturated rings. The smallest absolute Gasteiger partial charge is 0.295 e. The second kappa shape index (κ2) is 6.26. The maximum Gasteiger partial charge on any atom is 0.295 e. The normalized spacial score (nSPS) is 15.9. The third-order valence-electron chi connectivity index (χ3n) is 4.53. The van der Waals surface area contributed by atoms with Crippen LogP contribution in [0.1, 0.15) is 11.1 Å². The maximum atomic E-state index is 12.5. The highest BCUT2D eigenvalue weighted by atomic mass is 16.5. The Morgan fingerprint density at radius 3 is 2.58 bits per heavy atom. The number of rotatable bonds is 3. The molecular weight excluding hydrogens is 302 g/mol. The Balaban J connectivity index is 1.60. The molecule has 1 saturated heterocycles. The van der Waals surface area contributed by atoms with Gasteiger partial charge >= 0.3 is 0 Å². The third kappa shape index (κ3) is 2.88. The number of piperazine rings is 1. The zero-order valence-corrected chi connectivity index (χ0v) is 13.8. The molecule has 0 radical (unpaired) electrons. The van der Waals surface area contributed by atoms with E-state index in [0.717, 1.165) is 44.0 Å². The largest absolute Gasteiger partial charge is 0.371 e. The Morgan fingerprint density at radius 2 is 1.83 bits per heavy atom. The highest BCUT2D eigenvalue weighted by Gasteiger charge is 2.12. The van der Waals surface area contributed by atoms with Crippen LogP contribution in [-0.4, -0.2) is 35.8 Å². The highest BCUT2D eigenvalue weighted by Crippen LogP contribution is 2.17. The van der Waals surface area contributed by atoms with Gasteiger partial charge in [0.25, 0.3) is 5.56 Å². The standard InChI is InChI=1S/C19H21N3O2/c1-14-2-7-18-17(12-14)19(23)22(24-18)16-5-3-15(4-6-16)13-21-10-8-20-9-11-21/h2-7,12,20H,8-11,13H2,1H3. The number of hydrogen-bond acceptors (Lipinski definition) is 4. The lowest BCUT2D eigenvalue weighted by molar-refractivity contribution is 0.233. The Hall–Kier alpha value is -2.37. The van der Waals surface area contributed by atoms with Crippen LogP contribution >= 0.6 is 0 Å². The van der Waals surface area contributed by atoms with Gasteiger partial charge in [-0.15, -0.1) is 4.74 Å². The van der Waals surface area contributed by atoms with Crippen molar-refractivity contribution in [2.75, 3.05) is 26.2 Å². The molecule has 1 aliphatic rings. The van der Waals surface area contributed by atoms with E-state index in [4.69, 9.17) is 4.52 Å². The van der Waals surface area contributed by atoms with Gasteiger partial charge in [0.05, 0.1) is 11.1 Å². The molecule has 4 rings (SSSR count). The summed E-state index contributed by atoms with van der Waals surface area (Å²) >= 11 is 0. The van der Waals surface area contributed by atoms with Crippen molar-refractivity contribution in [2.24, 2.45) is 0 Å². The van der Waals surface area contributed by atoms with Crippen LogP contribution in [0.4, 0.5) is 0 Å². The lowest BCUT2D eigenvalue weighted by Gasteiger charge is -2.27. The number of nitrogens with zero attached hydrogens (tertiary/aromatic N) is 2. The van der Waals surface area contributed by atoms with Crippen LogP contribution in [0, 0.1) is 6.92 Å². The number of aromatic nitrogens is 1.